The fourth-order valence-electron chi connectivity index (χ4n) is 2.85. The summed E-state index contributed by atoms with van der Waals surface area (Å²) in [5, 5.41) is 3.60. The van der Waals surface area contributed by atoms with Crippen LogP contribution in [0.3, 0.4) is 0 Å². The van der Waals surface area contributed by atoms with Crippen LogP contribution in [0.2, 0.25) is 0 Å². The molecule has 2 fully saturated rings. The van der Waals surface area contributed by atoms with E-state index in [0.29, 0.717) is 18.0 Å². The molecule has 0 bridgehead atoms. The van der Waals surface area contributed by atoms with Crippen molar-refractivity contribution in [2.75, 3.05) is 0 Å². The topological polar surface area (TPSA) is 29.9 Å². The van der Waals surface area contributed by atoms with Gasteiger partial charge < -0.3 is 9.88 Å². The highest BCUT2D eigenvalue weighted by Gasteiger charge is 2.34. The van der Waals surface area contributed by atoms with Crippen molar-refractivity contribution in [2.45, 2.75) is 57.2 Å². The first-order valence-corrected chi connectivity index (χ1v) is 6.03. The summed E-state index contributed by atoms with van der Waals surface area (Å²) in [6.07, 6.45) is 8.02. The fraction of sp³-hybridized carbons (Fsp3) is 0.750. The fourth-order valence-corrected chi connectivity index (χ4v) is 2.85. The molecule has 0 radical (unpaired) electrons. The maximum absolute atomic E-state index is 4.32. The number of aromatic nitrogens is 2. The highest BCUT2D eigenvalue weighted by atomic mass is 15.1. The quantitative estimate of drug-likeness (QED) is 0.801. The average Bonchev–Trinajstić information content (AvgIpc) is 2.83. The third kappa shape index (κ3) is 1.59. The highest BCUT2D eigenvalue weighted by Crippen LogP contribution is 2.39. The van der Waals surface area contributed by atoms with Gasteiger partial charge in [0.05, 0.1) is 6.33 Å². The molecule has 0 spiro atoms. The molecule has 1 saturated heterocycles. The molecule has 3 heteroatoms. The van der Waals surface area contributed by atoms with E-state index in [1.165, 1.54) is 25.0 Å². The summed E-state index contributed by atoms with van der Waals surface area (Å²) in [6.45, 7) is 4.56. The van der Waals surface area contributed by atoms with Crippen LogP contribution in [0.5, 0.6) is 0 Å². The third-order valence-corrected chi connectivity index (χ3v) is 3.77. The molecule has 1 aliphatic carbocycles. The zero-order valence-corrected chi connectivity index (χ0v) is 9.48. The molecule has 1 N–H and O–H groups in total. The van der Waals surface area contributed by atoms with Crippen LogP contribution in [0.1, 0.15) is 50.8 Å². The van der Waals surface area contributed by atoms with E-state index in [9.17, 15) is 0 Å². The summed E-state index contributed by atoms with van der Waals surface area (Å²) in [5.74, 6) is 0.656. The molecular weight excluding hydrogens is 186 g/mol. The molecule has 3 rings (SSSR count). The van der Waals surface area contributed by atoms with Gasteiger partial charge in [-0.2, -0.15) is 0 Å². The first-order chi connectivity index (χ1) is 7.25. The molecule has 82 valence electrons. The second-order valence-electron chi connectivity index (χ2n) is 5.16. The van der Waals surface area contributed by atoms with Crippen molar-refractivity contribution in [1.82, 2.24) is 14.9 Å². The molecule has 0 aromatic carbocycles. The predicted octanol–water partition coefficient (Wildman–Crippen LogP) is 2.07. The number of nitrogens with one attached hydrogen (secondary N) is 1. The Morgan fingerprint density at radius 1 is 1.40 bits per heavy atom. The summed E-state index contributed by atoms with van der Waals surface area (Å²) < 4.78 is 2.40. The Labute approximate surface area is 90.9 Å². The van der Waals surface area contributed by atoms with Crippen LogP contribution in [0.25, 0.3) is 0 Å². The Balaban J connectivity index is 1.88. The molecule has 2 heterocycles. The van der Waals surface area contributed by atoms with E-state index >= 15 is 0 Å². The summed E-state index contributed by atoms with van der Waals surface area (Å²) in [7, 11) is 0. The van der Waals surface area contributed by atoms with Gasteiger partial charge in [0.15, 0.2) is 0 Å². The van der Waals surface area contributed by atoms with Crippen molar-refractivity contribution in [3.05, 3.63) is 18.2 Å². The van der Waals surface area contributed by atoms with Gasteiger partial charge in [0, 0.05) is 35.9 Å². The van der Waals surface area contributed by atoms with Crippen LogP contribution < -0.4 is 5.32 Å². The second kappa shape index (κ2) is 3.34. The molecule has 15 heavy (non-hydrogen) atoms. The van der Waals surface area contributed by atoms with Gasteiger partial charge in [-0.25, -0.2) is 4.98 Å². The Morgan fingerprint density at radius 3 is 2.80 bits per heavy atom. The summed E-state index contributed by atoms with van der Waals surface area (Å²) in [5.41, 5.74) is 1.45. The monoisotopic (exact) mass is 205 g/mol. The lowest BCUT2D eigenvalue weighted by molar-refractivity contribution is 0.544. The SMILES string of the molecule is CC1CC(c2cncn2C2CC2)C(C)N1. The van der Waals surface area contributed by atoms with Gasteiger partial charge in [0.25, 0.3) is 0 Å². The smallest absolute Gasteiger partial charge is 0.0950 e. The maximum atomic E-state index is 4.32. The summed E-state index contributed by atoms with van der Waals surface area (Å²) >= 11 is 0. The highest BCUT2D eigenvalue weighted by molar-refractivity contribution is 5.15. The Morgan fingerprint density at radius 2 is 2.20 bits per heavy atom. The van der Waals surface area contributed by atoms with E-state index in [2.05, 4.69) is 34.9 Å². The Kier molecular flexibility index (Phi) is 2.09. The molecule has 2 aliphatic rings. The van der Waals surface area contributed by atoms with Crippen molar-refractivity contribution in [3.8, 4) is 0 Å². The molecule has 1 saturated carbocycles. The van der Waals surface area contributed by atoms with Gasteiger partial charge in [-0.3, -0.25) is 0 Å². The van der Waals surface area contributed by atoms with E-state index in [4.69, 9.17) is 0 Å². The first-order valence-electron chi connectivity index (χ1n) is 6.03. The third-order valence-electron chi connectivity index (χ3n) is 3.77. The zero-order valence-electron chi connectivity index (χ0n) is 9.48. The lowest BCUT2D eigenvalue weighted by atomic mass is 9.97. The molecular formula is C12H19N3. The molecule has 3 atom stereocenters. The summed E-state index contributed by atoms with van der Waals surface area (Å²) in [6, 6.07) is 1.99. The van der Waals surface area contributed by atoms with E-state index in [1.54, 1.807) is 0 Å². The van der Waals surface area contributed by atoms with Gasteiger partial charge in [-0.05, 0) is 33.1 Å². The van der Waals surface area contributed by atoms with Crippen molar-refractivity contribution >= 4 is 0 Å². The Bertz CT molecular complexity index is 354. The normalized spacial score (nSPS) is 36.0. The number of hydrogen-bond donors (Lipinski definition) is 1. The molecule has 3 nitrogen and oxygen atoms in total. The predicted molar refractivity (Wildman–Crippen MR) is 59.9 cm³/mol. The van der Waals surface area contributed by atoms with Gasteiger partial charge in [-0.1, -0.05) is 0 Å². The van der Waals surface area contributed by atoms with Gasteiger partial charge >= 0.3 is 0 Å². The van der Waals surface area contributed by atoms with E-state index in [1.807, 2.05) is 6.33 Å². The minimum atomic E-state index is 0.592. The van der Waals surface area contributed by atoms with Crippen LogP contribution >= 0.6 is 0 Å². The standard InChI is InChI=1S/C12H19N3/c1-8-5-11(9(2)14-8)12-6-13-7-15(12)10-3-4-10/h6-11,14H,3-5H2,1-2H3. The second-order valence-corrected chi connectivity index (χ2v) is 5.16. The molecule has 3 unspecified atom stereocenters. The minimum absolute atomic E-state index is 0.592. The number of hydrogen-bond acceptors (Lipinski definition) is 2. The maximum Gasteiger partial charge on any atom is 0.0950 e. The van der Waals surface area contributed by atoms with Crippen molar-refractivity contribution in [2.24, 2.45) is 0 Å². The number of rotatable bonds is 2. The largest absolute Gasteiger partial charge is 0.331 e. The van der Waals surface area contributed by atoms with E-state index < -0.39 is 0 Å². The molecule has 1 aromatic rings. The van der Waals surface area contributed by atoms with Gasteiger partial charge in [-0.15, -0.1) is 0 Å². The van der Waals surface area contributed by atoms with E-state index in [-0.39, 0.29) is 0 Å². The van der Waals surface area contributed by atoms with Gasteiger partial charge in [0.2, 0.25) is 0 Å². The Hall–Kier alpha value is -0.830. The van der Waals surface area contributed by atoms with Crippen LogP contribution in [0.4, 0.5) is 0 Å². The average molecular weight is 205 g/mol. The van der Waals surface area contributed by atoms with E-state index in [0.717, 1.165) is 6.04 Å². The molecule has 1 aliphatic heterocycles. The van der Waals surface area contributed by atoms with Crippen LogP contribution in [0.15, 0.2) is 12.5 Å². The summed E-state index contributed by atoms with van der Waals surface area (Å²) in [4.78, 5) is 4.32. The van der Waals surface area contributed by atoms with Crippen molar-refractivity contribution < 1.29 is 0 Å². The zero-order chi connectivity index (χ0) is 10.4. The molecule has 0 amide bonds. The van der Waals surface area contributed by atoms with Crippen LogP contribution in [-0.2, 0) is 0 Å². The number of imidazole rings is 1. The number of nitrogens with zero attached hydrogens (tertiary/aromatic N) is 2. The minimum Gasteiger partial charge on any atom is -0.331 e. The lowest BCUT2D eigenvalue weighted by Gasteiger charge is -2.16. The van der Waals surface area contributed by atoms with Crippen LogP contribution in [-0.4, -0.2) is 21.6 Å². The molecule has 1 aromatic heterocycles. The lowest BCUT2D eigenvalue weighted by Crippen LogP contribution is -2.26. The van der Waals surface area contributed by atoms with Crippen LogP contribution in [0, 0.1) is 0 Å². The first kappa shape index (κ1) is 9.40. The van der Waals surface area contributed by atoms with Crippen molar-refractivity contribution in [1.29, 1.82) is 0 Å². The van der Waals surface area contributed by atoms with Crippen molar-refractivity contribution in [3.63, 3.8) is 0 Å². The van der Waals surface area contributed by atoms with Gasteiger partial charge in [0.1, 0.15) is 0 Å².